The maximum Gasteiger partial charge on any atom is 0.328 e. The van der Waals surface area contributed by atoms with Gasteiger partial charge in [-0.15, -0.1) is 0 Å². The molecule has 0 heterocycles. The van der Waals surface area contributed by atoms with Crippen LogP contribution in [0.25, 0.3) is 0 Å². The largest absolute Gasteiger partial charge is 0.467 e. The van der Waals surface area contributed by atoms with Crippen molar-refractivity contribution in [1.82, 2.24) is 5.32 Å². The third kappa shape index (κ3) is 5.93. The van der Waals surface area contributed by atoms with Gasteiger partial charge in [0.2, 0.25) is 0 Å². The first-order chi connectivity index (χ1) is 14.9. The van der Waals surface area contributed by atoms with Crippen molar-refractivity contribution in [3.63, 3.8) is 0 Å². The van der Waals surface area contributed by atoms with Crippen LogP contribution in [-0.4, -0.2) is 33.4 Å². The number of hydrogen-bond acceptors (Lipinski definition) is 5. The van der Waals surface area contributed by atoms with Gasteiger partial charge in [-0.25, -0.2) is 13.2 Å². The number of amides is 1. The van der Waals surface area contributed by atoms with Crippen molar-refractivity contribution in [2.45, 2.75) is 17.4 Å². The Bertz CT molecular complexity index is 1130. The van der Waals surface area contributed by atoms with Gasteiger partial charge in [0.15, 0.2) is 0 Å². The Hall–Kier alpha value is -3.65. The zero-order chi connectivity index (χ0) is 22.3. The summed E-state index contributed by atoms with van der Waals surface area (Å²) < 4.78 is 32.3. The second-order valence-electron chi connectivity index (χ2n) is 6.73. The smallest absolute Gasteiger partial charge is 0.328 e. The van der Waals surface area contributed by atoms with Crippen molar-refractivity contribution in [2.75, 3.05) is 11.8 Å². The lowest BCUT2D eigenvalue weighted by Crippen LogP contribution is -2.43. The highest BCUT2D eigenvalue weighted by Gasteiger charge is 2.23. The van der Waals surface area contributed by atoms with Crippen LogP contribution in [0.5, 0.6) is 0 Å². The molecule has 0 aliphatic rings. The summed E-state index contributed by atoms with van der Waals surface area (Å²) in [6, 6.07) is 22.3. The Morgan fingerprint density at radius 1 is 0.871 bits per heavy atom. The van der Waals surface area contributed by atoms with E-state index in [1.807, 2.05) is 30.3 Å². The van der Waals surface area contributed by atoms with Crippen molar-refractivity contribution >= 4 is 27.6 Å². The number of nitrogens with one attached hydrogen (secondary N) is 2. The van der Waals surface area contributed by atoms with E-state index in [4.69, 9.17) is 4.74 Å². The number of sulfonamides is 1. The molecule has 1 amide bonds. The maximum absolute atomic E-state index is 12.6. The molecule has 0 fully saturated rings. The molecule has 0 unspecified atom stereocenters. The second-order valence-corrected chi connectivity index (χ2v) is 8.42. The topological polar surface area (TPSA) is 102 Å². The van der Waals surface area contributed by atoms with Gasteiger partial charge < -0.3 is 10.1 Å². The predicted molar refractivity (Wildman–Crippen MR) is 117 cm³/mol. The van der Waals surface area contributed by atoms with Gasteiger partial charge in [0.25, 0.3) is 15.9 Å². The third-order valence-corrected chi connectivity index (χ3v) is 5.92. The Balaban J connectivity index is 1.71. The molecule has 2 N–H and O–H groups in total. The second kappa shape index (κ2) is 9.90. The van der Waals surface area contributed by atoms with Crippen LogP contribution in [-0.2, 0) is 26.0 Å². The minimum atomic E-state index is -3.79. The normalized spacial score (nSPS) is 11.9. The molecule has 3 aromatic carbocycles. The van der Waals surface area contributed by atoms with Gasteiger partial charge in [-0.2, -0.15) is 0 Å². The van der Waals surface area contributed by atoms with E-state index in [1.165, 1.54) is 31.4 Å². The molecule has 1 atom stereocenters. The fourth-order valence-corrected chi connectivity index (χ4v) is 3.99. The first kappa shape index (κ1) is 22.0. The van der Waals surface area contributed by atoms with E-state index < -0.39 is 27.9 Å². The van der Waals surface area contributed by atoms with Crippen molar-refractivity contribution in [1.29, 1.82) is 0 Å². The average molecular weight is 439 g/mol. The summed E-state index contributed by atoms with van der Waals surface area (Å²) in [5, 5.41) is 2.65. The zero-order valence-electron chi connectivity index (χ0n) is 16.8. The monoisotopic (exact) mass is 438 g/mol. The molecule has 3 aromatic rings. The quantitative estimate of drug-likeness (QED) is 0.527. The molecule has 31 heavy (non-hydrogen) atoms. The van der Waals surface area contributed by atoms with Gasteiger partial charge in [-0.1, -0.05) is 48.5 Å². The Morgan fingerprint density at radius 3 is 2.03 bits per heavy atom. The molecule has 0 spiro atoms. The van der Waals surface area contributed by atoms with Crippen LogP contribution in [0.15, 0.2) is 89.8 Å². The molecule has 160 valence electrons. The van der Waals surface area contributed by atoms with E-state index in [0.717, 1.165) is 5.56 Å². The van der Waals surface area contributed by atoms with Gasteiger partial charge >= 0.3 is 5.97 Å². The average Bonchev–Trinajstić information content (AvgIpc) is 2.79. The summed E-state index contributed by atoms with van der Waals surface area (Å²) in [5.74, 6) is -1.07. The van der Waals surface area contributed by atoms with E-state index >= 15 is 0 Å². The summed E-state index contributed by atoms with van der Waals surface area (Å²) >= 11 is 0. The molecule has 0 saturated carbocycles. The molecule has 3 rings (SSSR count). The standard InChI is InChI=1S/C23H22N2O5S/c1-30-23(27)21(16-17-8-4-2-5-9-17)24-22(26)18-12-14-20(15-13-18)31(28,29)25-19-10-6-3-7-11-19/h2-15,21,25H,16H2,1H3,(H,24,26)/t21-/m0/s1. The van der Waals surface area contributed by atoms with Gasteiger partial charge in [0.05, 0.1) is 12.0 Å². The maximum atomic E-state index is 12.6. The molecule has 0 radical (unpaired) electrons. The lowest BCUT2D eigenvalue weighted by molar-refractivity contribution is -0.142. The predicted octanol–water partition coefficient (Wildman–Crippen LogP) is 3.00. The molecule has 0 aromatic heterocycles. The highest BCUT2D eigenvalue weighted by Crippen LogP contribution is 2.16. The van der Waals surface area contributed by atoms with E-state index in [-0.39, 0.29) is 16.9 Å². The minimum absolute atomic E-state index is 0.0155. The van der Waals surface area contributed by atoms with E-state index in [0.29, 0.717) is 5.69 Å². The van der Waals surface area contributed by atoms with Crippen LogP contribution < -0.4 is 10.0 Å². The molecule has 8 heteroatoms. The van der Waals surface area contributed by atoms with Crippen molar-refractivity contribution in [2.24, 2.45) is 0 Å². The van der Waals surface area contributed by atoms with Crippen molar-refractivity contribution < 1.29 is 22.7 Å². The molecule has 0 aliphatic heterocycles. The number of carbonyl (C=O) groups excluding carboxylic acids is 2. The Labute approximate surface area is 181 Å². The lowest BCUT2D eigenvalue weighted by atomic mass is 10.1. The van der Waals surface area contributed by atoms with E-state index in [1.54, 1.807) is 30.3 Å². The first-order valence-electron chi connectivity index (χ1n) is 9.49. The van der Waals surface area contributed by atoms with Crippen LogP contribution in [0.2, 0.25) is 0 Å². The number of rotatable bonds is 8. The Kier molecular flexibility index (Phi) is 7.04. The highest BCUT2D eigenvalue weighted by molar-refractivity contribution is 7.92. The van der Waals surface area contributed by atoms with Crippen LogP contribution in [0.1, 0.15) is 15.9 Å². The molecule has 0 aliphatic carbocycles. The first-order valence-corrected chi connectivity index (χ1v) is 11.0. The molecule has 0 saturated heterocycles. The molecule has 0 bridgehead atoms. The van der Waals surface area contributed by atoms with Gasteiger partial charge in [0, 0.05) is 17.7 Å². The van der Waals surface area contributed by atoms with Crippen LogP contribution in [0, 0.1) is 0 Å². The minimum Gasteiger partial charge on any atom is -0.467 e. The van der Waals surface area contributed by atoms with Crippen molar-refractivity contribution in [3.05, 3.63) is 96.1 Å². The van der Waals surface area contributed by atoms with Crippen LogP contribution in [0.3, 0.4) is 0 Å². The van der Waals surface area contributed by atoms with E-state index in [2.05, 4.69) is 10.0 Å². The number of anilines is 1. The zero-order valence-corrected chi connectivity index (χ0v) is 17.6. The van der Waals surface area contributed by atoms with Gasteiger partial charge in [-0.3, -0.25) is 9.52 Å². The number of carbonyl (C=O) groups is 2. The van der Waals surface area contributed by atoms with Crippen LogP contribution >= 0.6 is 0 Å². The summed E-state index contributed by atoms with van der Waals surface area (Å²) in [6.45, 7) is 0. The summed E-state index contributed by atoms with van der Waals surface area (Å²) in [6.07, 6.45) is 0.271. The summed E-state index contributed by atoms with van der Waals surface area (Å²) in [7, 11) is -2.54. The summed E-state index contributed by atoms with van der Waals surface area (Å²) in [5.41, 5.74) is 1.53. The Morgan fingerprint density at radius 2 is 1.45 bits per heavy atom. The van der Waals surface area contributed by atoms with Crippen LogP contribution in [0.4, 0.5) is 5.69 Å². The van der Waals surface area contributed by atoms with E-state index in [9.17, 15) is 18.0 Å². The highest BCUT2D eigenvalue weighted by atomic mass is 32.2. The fourth-order valence-electron chi connectivity index (χ4n) is 2.93. The number of methoxy groups -OCH3 is 1. The number of para-hydroxylation sites is 1. The lowest BCUT2D eigenvalue weighted by Gasteiger charge is -2.17. The molecule has 7 nitrogen and oxygen atoms in total. The fraction of sp³-hybridized carbons (Fsp3) is 0.130. The number of esters is 1. The molecular weight excluding hydrogens is 416 g/mol. The third-order valence-electron chi connectivity index (χ3n) is 4.53. The molecular formula is C23H22N2O5S. The van der Waals surface area contributed by atoms with Crippen molar-refractivity contribution in [3.8, 4) is 0 Å². The van der Waals surface area contributed by atoms with Gasteiger partial charge in [0.1, 0.15) is 6.04 Å². The SMILES string of the molecule is COC(=O)[C@H](Cc1ccccc1)NC(=O)c1ccc(S(=O)(=O)Nc2ccccc2)cc1. The number of hydrogen-bond donors (Lipinski definition) is 2. The summed E-state index contributed by atoms with van der Waals surface area (Å²) in [4.78, 5) is 24.8. The van der Waals surface area contributed by atoms with Gasteiger partial charge in [-0.05, 0) is 42.0 Å². The number of ether oxygens (including phenoxy) is 1. The number of benzene rings is 3.